The van der Waals surface area contributed by atoms with Crippen LogP contribution in [0.1, 0.15) is 47.7 Å². The smallest absolute Gasteiger partial charge is 0.267 e. The van der Waals surface area contributed by atoms with Crippen LogP contribution in [0, 0.1) is 20.8 Å². The maximum atomic E-state index is 12.3. The third kappa shape index (κ3) is 3.06. The van der Waals surface area contributed by atoms with Crippen molar-refractivity contribution in [3.63, 3.8) is 0 Å². The molecule has 0 radical (unpaired) electrons. The summed E-state index contributed by atoms with van der Waals surface area (Å²) in [5.74, 6) is 1.14. The fraction of sp³-hybridized carbons (Fsp3) is 0.444. The van der Waals surface area contributed by atoms with Crippen molar-refractivity contribution >= 4 is 0 Å². The normalized spacial score (nSPS) is 11.0. The Morgan fingerprint density at radius 1 is 1.23 bits per heavy atom. The van der Waals surface area contributed by atoms with Gasteiger partial charge in [0.1, 0.15) is 5.75 Å². The van der Waals surface area contributed by atoms with Gasteiger partial charge in [-0.05, 0) is 55.0 Å². The molecule has 0 saturated heterocycles. The zero-order valence-electron chi connectivity index (χ0n) is 14.2. The van der Waals surface area contributed by atoms with Crippen LogP contribution in [0.2, 0.25) is 0 Å². The summed E-state index contributed by atoms with van der Waals surface area (Å²) in [7, 11) is 1.66. The predicted octanol–water partition coefficient (Wildman–Crippen LogP) is 3.35. The number of hydrogen-bond donors (Lipinski definition) is 0. The van der Waals surface area contributed by atoms with E-state index in [1.54, 1.807) is 13.2 Å². The number of ether oxygens (including phenoxy) is 1. The Balaban J connectivity index is 2.49. The third-order valence-electron chi connectivity index (χ3n) is 4.15. The highest BCUT2D eigenvalue weighted by Crippen LogP contribution is 2.25. The number of methoxy groups -OCH3 is 1. The first kappa shape index (κ1) is 16.3. The Hall–Kier alpha value is -2.10. The molecule has 1 aromatic carbocycles. The van der Waals surface area contributed by atoms with Gasteiger partial charge in [0, 0.05) is 6.07 Å². The minimum absolute atomic E-state index is 0.0593. The molecule has 0 aliphatic carbocycles. The van der Waals surface area contributed by atoms with Gasteiger partial charge in [-0.1, -0.05) is 19.9 Å². The molecule has 4 heteroatoms. The quantitative estimate of drug-likeness (QED) is 0.869. The van der Waals surface area contributed by atoms with Crippen molar-refractivity contribution < 1.29 is 4.74 Å². The van der Waals surface area contributed by atoms with Crippen LogP contribution < -0.4 is 10.3 Å². The van der Waals surface area contributed by atoms with E-state index in [2.05, 4.69) is 18.9 Å². The zero-order chi connectivity index (χ0) is 16.4. The molecule has 22 heavy (non-hydrogen) atoms. The Labute approximate surface area is 131 Å². The van der Waals surface area contributed by atoms with Crippen LogP contribution in [0.15, 0.2) is 23.0 Å². The molecular weight excluding hydrogens is 276 g/mol. The van der Waals surface area contributed by atoms with Gasteiger partial charge in [-0.3, -0.25) is 4.79 Å². The summed E-state index contributed by atoms with van der Waals surface area (Å²) in [6.45, 7) is 10.6. The highest BCUT2D eigenvalue weighted by molar-refractivity contribution is 5.44. The Kier molecular flexibility index (Phi) is 4.69. The van der Waals surface area contributed by atoms with Crippen LogP contribution in [0.3, 0.4) is 0 Å². The Morgan fingerprint density at radius 3 is 2.50 bits per heavy atom. The van der Waals surface area contributed by atoms with Crippen molar-refractivity contribution in [2.45, 2.75) is 47.1 Å². The van der Waals surface area contributed by atoms with E-state index in [1.165, 1.54) is 4.68 Å². The van der Waals surface area contributed by atoms with Crippen molar-refractivity contribution in [3.8, 4) is 5.75 Å². The van der Waals surface area contributed by atoms with Gasteiger partial charge in [-0.2, -0.15) is 5.10 Å². The van der Waals surface area contributed by atoms with E-state index in [-0.39, 0.29) is 5.56 Å². The summed E-state index contributed by atoms with van der Waals surface area (Å²) in [4.78, 5) is 12.3. The molecule has 1 aromatic heterocycles. The number of nitrogens with zero attached hydrogens (tertiary/aromatic N) is 2. The van der Waals surface area contributed by atoms with Crippen molar-refractivity contribution in [1.82, 2.24) is 9.78 Å². The van der Waals surface area contributed by atoms with E-state index in [9.17, 15) is 4.79 Å². The molecule has 0 spiro atoms. The van der Waals surface area contributed by atoms with Crippen LogP contribution >= 0.6 is 0 Å². The van der Waals surface area contributed by atoms with Crippen molar-refractivity contribution in [3.05, 3.63) is 56.5 Å². The average Bonchev–Trinajstić information content (AvgIpc) is 2.46. The minimum Gasteiger partial charge on any atom is -0.496 e. The molecular formula is C18H24N2O2. The molecule has 0 bridgehead atoms. The lowest BCUT2D eigenvalue weighted by Crippen LogP contribution is -2.25. The molecule has 0 aliphatic heterocycles. The zero-order valence-corrected chi connectivity index (χ0v) is 14.2. The fourth-order valence-corrected chi connectivity index (χ4v) is 2.78. The summed E-state index contributed by atoms with van der Waals surface area (Å²) in [6, 6.07) is 5.68. The highest BCUT2D eigenvalue weighted by Gasteiger charge is 2.12. The molecule has 0 saturated carbocycles. The predicted molar refractivity (Wildman–Crippen MR) is 88.9 cm³/mol. The fourth-order valence-electron chi connectivity index (χ4n) is 2.78. The van der Waals surface area contributed by atoms with Crippen molar-refractivity contribution in [1.29, 1.82) is 0 Å². The van der Waals surface area contributed by atoms with Gasteiger partial charge < -0.3 is 4.74 Å². The molecule has 118 valence electrons. The molecule has 4 nitrogen and oxygen atoms in total. The monoisotopic (exact) mass is 300 g/mol. The summed E-state index contributed by atoms with van der Waals surface area (Å²) in [5.41, 5.74) is 5.15. The number of benzene rings is 1. The summed E-state index contributed by atoms with van der Waals surface area (Å²) in [5, 5.41) is 4.49. The van der Waals surface area contributed by atoms with Gasteiger partial charge in [-0.15, -0.1) is 0 Å². The molecule has 2 rings (SSSR count). The number of rotatable bonds is 4. The van der Waals surface area contributed by atoms with Crippen LogP contribution in [-0.4, -0.2) is 16.9 Å². The molecule has 0 amide bonds. The molecule has 0 N–H and O–H groups in total. The summed E-state index contributed by atoms with van der Waals surface area (Å²) >= 11 is 0. The molecule has 0 fully saturated rings. The second-order valence-corrected chi connectivity index (χ2v) is 6.02. The molecule has 2 aromatic rings. The van der Waals surface area contributed by atoms with E-state index in [1.807, 2.05) is 32.9 Å². The second-order valence-electron chi connectivity index (χ2n) is 6.02. The van der Waals surface area contributed by atoms with Crippen LogP contribution in [0.4, 0.5) is 0 Å². The van der Waals surface area contributed by atoms with E-state index in [0.717, 1.165) is 33.7 Å². The SMILES string of the molecule is COc1ccc(C)c(Cn2nc(C)c(C(C)C)cc2=O)c1C. The summed E-state index contributed by atoms with van der Waals surface area (Å²) < 4.78 is 6.91. The molecule has 0 aliphatic rings. The Morgan fingerprint density at radius 2 is 1.91 bits per heavy atom. The lowest BCUT2D eigenvalue weighted by Gasteiger charge is -2.16. The Bertz CT molecular complexity index is 745. The number of aromatic nitrogens is 2. The van der Waals surface area contributed by atoms with Gasteiger partial charge in [0.2, 0.25) is 0 Å². The van der Waals surface area contributed by atoms with Crippen LogP contribution in [-0.2, 0) is 6.54 Å². The van der Waals surface area contributed by atoms with E-state index >= 15 is 0 Å². The third-order valence-corrected chi connectivity index (χ3v) is 4.15. The van der Waals surface area contributed by atoms with Crippen LogP contribution in [0.25, 0.3) is 0 Å². The standard InChI is InChI=1S/C18H24N2O2/c1-11(2)15-9-18(21)20(19-14(15)5)10-16-12(3)7-8-17(22-6)13(16)4/h7-9,11H,10H2,1-6H3. The first-order valence-corrected chi connectivity index (χ1v) is 7.56. The highest BCUT2D eigenvalue weighted by atomic mass is 16.5. The molecule has 0 unspecified atom stereocenters. The number of aryl methyl sites for hydroxylation is 2. The maximum Gasteiger partial charge on any atom is 0.267 e. The van der Waals surface area contributed by atoms with Gasteiger partial charge in [-0.25, -0.2) is 4.68 Å². The van der Waals surface area contributed by atoms with Gasteiger partial charge in [0.15, 0.2) is 0 Å². The maximum absolute atomic E-state index is 12.3. The first-order valence-electron chi connectivity index (χ1n) is 7.56. The van der Waals surface area contributed by atoms with Gasteiger partial charge in [0.05, 0.1) is 19.3 Å². The van der Waals surface area contributed by atoms with Gasteiger partial charge in [0.25, 0.3) is 5.56 Å². The lowest BCUT2D eigenvalue weighted by molar-refractivity contribution is 0.410. The summed E-state index contributed by atoms with van der Waals surface area (Å²) in [6.07, 6.45) is 0. The molecule has 0 atom stereocenters. The van der Waals surface area contributed by atoms with Gasteiger partial charge >= 0.3 is 0 Å². The number of hydrogen-bond acceptors (Lipinski definition) is 3. The topological polar surface area (TPSA) is 44.1 Å². The lowest BCUT2D eigenvalue weighted by atomic mass is 10.0. The first-order chi connectivity index (χ1) is 10.3. The molecule has 1 heterocycles. The van der Waals surface area contributed by atoms with Crippen molar-refractivity contribution in [2.24, 2.45) is 0 Å². The second kappa shape index (κ2) is 6.34. The average molecular weight is 300 g/mol. The van der Waals surface area contributed by atoms with E-state index in [0.29, 0.717) is 12.5 Å². The van der Waals surface area contributed by atoms with E-state index in [4.69, 9.17) is 4.74 Å². The largest absolute Gasteiger partial charge is 0.496 e. The minimum atomic E-state index is -0.0593. The van der Waals surface area contributed by atoms with Crippen molar-refractivity contribution in [2.75, 3.05) is 7.11 Å². The van der Waals surface area contributed by atoms with Crippen LogP contribution in [0.5, 0.6) is 5.75 Å². The van der Waals surface area contributed by atoms with E-state index < -0.39 is 0 Å².